The van der Waals surface area contributed by atoms with Gasteiger partial charge in [0.1, 0.15) is 10.4 Å². The summed E-state index contributed by atoms with van der Waals surface area (Å²) in [5.41, 5.74) is -0.259. The van der Waals surface area contributed by atoms with Gasteiger partial charge in [-0.25, -0.2) is 0 Å². The molecule has 1 heterocycles. The van der Waals surface area contributed by atoms with Gasteiger partial charge in [0.25, 0.3) is 0 Å². The number of rotatable bonds is 0. The number of hydrogen-bond acceptors (Lipinski definition) is 2. The average molecular weight is 193 g/mol. The molecule has 1 aliphatic heterocycles. The molecule has 1 saturated heterocycles. The monoisotopic (exact) mass is 192 g/mol. The molecular formula is C6H9BrO2. The molecule has 3 heteroatoms. The van der Waals surface area contributed by atoms with Crippen LogP contribution in [0, 0.1) is 0 Å². The first-order valence-electron chi connectivity index (χ1n) is 2.88. The van der Waals surface area contributed by atoms with Crippen LogP contribution in [-0.4, -0.2) is 16.4 Å². The molecule has 0 saturated carbocycles. The van der Waals surface area contributed by atoms with Gasteiger partial charge in [0.15, 0.2) is 0 Å². The second-order valence-electron chi connectivity index (χ2n) is 2.85. The minimum atomic E-state index is -0.259. The maximum atomic E-state index is 10.7. The van der Waals surface area contributed by atoms with E-state index in [0.29, 0.717) is 0 Å². The molecule has 1 rings (SSSR count). The molecule has 2 nitrogen and oxygen atoms in total. The van der Waals surface area contributed by atoms with Gasteiger partial charge >= 0.3 is 5.97 Å². The van der Waals surface area contributed by atoms with Crippen molar-refractivity contribution in [2.75, 3.05) is 0 Å². The van der Waals surface area contributed by atoms with E-state index in [9.17, 15) is 4.79 Å². The first-order chi connectivity index (χ1) is 4.01. The van der Waals surface area contributed by atoms with Crippen molar-refractivity contribution in [1.29, 1.82) is 0 Å². The van der Waals surface area contributed by atoms with Gasteiger partial charge in [-0.3, -0.25) is 4.79 Å². The van der Waals surface area contributed by atoms with Crippen LogP contribution in [0.3, 0.4) is 0 Å². The molecule has 0 aromatic carbocycles. The van der Waals surface area contributed by atoms with Crippen molar-refractivity contribution in [3.63, 3.8) is 0 Å². The van der Waals surface area contributed by atoms with Crippen LogP contribution in [0.15, 0.2) is 0 Å². The predicted octanol–water partition coefficient (Wildman–Crippen LogP) is 1.48. The van der Waals surface area contributed by atoms with Crippen LogP contribution >= 0.6 is 15.9 Å². The summed E-state index contributed by atoms with van der Waals surface area (Å²) in [5.74, 6) is -0.139. The maximum Gasteiger partial charge on any atom is 0.320 e. The van der Waals surface area contributed by atoms with E-state index in [4.69, 9.17) is 4.74 Å². The fourth-order valence-corrected chi connectivity index (χ4v) is 1.77. The fraction of sp³-hybridized carbons (Fsp3) is 0.833. The Morgan fingerprint density at radius 2 is 2.33 bits per heavy atom. The standard InChI is InChI=1S/C6H9BrO2/c1-6(2)3-4(7)5(8)9-6/h4H,3H2,1-2H3. The Kier molecular flexibility index (Phi) is 1.55. The normalized spacial score (nSPS) is 32.3. The summed E-state index contributed by atoms with van der Waals surface area (Å²) < 4.78 is 4.98. The summed E-state index contributed by atoms with van der Waals surface area (Å²) in [6, 6.07) is 0. The molecule has 1 unspecified atom stereocenters. The number of cyclic esters (lactones) is 1. The van der Waals surface area contributed by atoms with Crippen LogP contribution in [0.5, 0.6) is 0 Å². The molecule has 1 aliphatic rings. The van der Waals surface area contributed by atoms with Gasteiger partial charge in [0.05, 0.1) is 0 Å². The Hall–Kier alpha value is -0.0500. The van der Waals surface area contributed by atoms with Crippen molar-refractivity contribution in [3.8, 4) is 0 Å². The third kappa shape index (κ3) is 1.45. The molecule has 0 N–H and O–H groups in total. The third-order valence-corrected chi connectivity index (χ3v) is 2.00. The Morgan fingerprint density at radius 1 is 1.78 bits per heavy atom. The smallest absolute Gasteiger partial charge is 0.320 e. The molecule has 0 spiro atoms. The first kappa shape index (κ1) is 7.06. The van der Waals surface area contributed by atoms with E-state index in [0.717, 1.165) is 6.42 Å². The molecule has 0 aliphatic carbocycles. The summed E-state index contributed by atoms with van der Waals surface area (Å²) in [6.45, 7) is 3.82. The molecule has 0 amide bonds. The van der Waals surface area contributed by atoms with Crippen LogP contribution in [-0.2, 0) is 9.53 Å². The highest BCUT2D eigenvalue weighted by atomic mass is 79.9. The first-order valence-corrected chi connectivity index (χ1v) is 3.80. The summed E-state index contributed by atoms with van der Waals surface area (Å²) in [5, 5.41) is 0. The van der Waals surface area contributed by atoms with E-state index in [-0.39, 0.29) is 16.4 Å². The van der Waals surface area contributed by atoms with Gasteiger partial charge < -0.3 is 4.74 Å². The average Bonchev–Trinajstić information content (AvgIpc) is 1.79. The zero-order valence-corrected chi connectivity index (χ0v) is 7.06. The second kappa shape index (κ2) is 1.97. The predicted molar refractivity (Wildman–Crippen MR) is 37.5 cm³/mol. The summed E-state index contributed by atoms with van der Waals surface area (Å²) in [7, 11) is 0. The Labute approximate surface area is 62.7 Å². The van der Waals surface area contributed by atoms with E-state index in [2.05, 4.69) is 15.9 Å². The lowest BCUT2D eigenvalue weighted by atomic mass is 10.1. The lowest BCUT2D eigenvalue weighted by Crippen LogP contribution is -2.17. The minimum absolute atomic E-state index is 0.0903. The Balaban J connectivity index is 2.65. The minimum Gasteiger partial charge on any atom is -0.459 e. The lowest BCUT2D eigenvalue weighted by molar-refractivity contribution is -0.145. The van der Waals surface area contributed by atoms with Crippen molar-refractivity contribution in [3.05, 3.63) is 0 Å². The van der Waals surface area contributed by atoms with Crippen molar-refractivity contribution < 1.29 is 9.53 Å². The Morgan fingerprint density at radius 3 is 2.44 bits per heavy atom. The number of carbonyl (C=O) groups is 1. The largest absolute Gasteiger partial charge is 0.459 e. The molecule has 1 atom stereocenters. The second-order valence-corrected chi connectivity index (χ2v) is 3.96. The number of alkyl halides is 1. The highest BCUT2D eigenvalue weighted by Crippen LogP contribution is 2.29. The van der Waals surface area contributed by atoms with Gasteiger partial charge in [-0.1, -0.05) is 15.9 Å². The highest BCUT2D eigenvalue weighted by molar-refractivity contribution is 9.10. The number of carbonyl (C=O) groups excluding carboxylic acids is 1. The summed E-state index contributed by atoms with van der Waals surface area (Å²) in [4.78, 5) is 10.6. The molecule has 52 valence electrons. The van der Waals surface area contributed by atoms with Crippen molar-refractivity contribution in [1.82, 2.24) is 0 Å². The molecular weight excluding hydrogens is 184 g/mol. The van der Waals surface area contributed by atoms with E-state index in [1.165, 1.54) is 0 Å². The van der Waals surface area contributed by atoms with Crippen LogP contribution in [0.4, 0.5) is 0 Å². The van der Waals surface area contributed by atoms with Crippen LogP contribution < -0.4 is 0 Å². The van der Waals surface area contributed by atoms with Crippen molar-refractivity contribution in [2.24, 2.45) is 0 Å². The summed E-state index contributed by atoms with van der Waals surface area (Å²) in [6.07, 6.45) is 0.770. The van der Waals surface area contributed by atoms with Gasteiger partial charge in [0, 0.05) is 6.42 Å². The van der Waals surface area contributed by atoms with Crippen LogP contribution in [0.25, 0.3) is 0 Å². The topological polar surface area (TPSA) is 26.3 Å². The quantitative estimate of drug-likeness (QED) is 0.430. The molecule has 0 aromatic rings. The molecule has 0 bridgehead atoms. The molecule has 9 heavy (non-hydrogen) atoms. The Bertz CT molecular complexity index is 142. The number of ether oxygens (including phenoxy) is 1. The lowest BCUT2D eigenvalue weighted by Gasteiger charge is -2.13. The maximum absolute atomic E-state index is 10.7. The van der Waals surface area contributed by atoms with Crippen LogP contribution in [0.2, 0.25) is 0 Å². The number of esters is 1. The van der Waals surface area contributed by atoms with E-state index < -0.39 is 0 Å². The summed E-state index contributed by atoms with van der Waals surface area (Å²) >= 11 is 3.20. The van der Waals surface area contributed by atoms with Crippen molar-refractivity contribution >= 4 is 21.9 Å². The van der Waals surface area contributed by atoms with Crippen LogP contribution in [0.1, 0.15) is 20.3 Å². The highest BCUT2D eigenvalue weighted by Gasteiger charge is 2.38. The van der Waals surface area contributed by atoms with E-state index >= 15 is 0 Å². The number of hydrogen-bond donors (Lipinski definition) is 0. The van der Waals surface area contributed by atoms with Gasteiger partial charge in [-0.15, -0.1) is 0 Å². The fourth-order valence-electron chi connectivity index (χ4n) is 0.893. The van der Waals surface area contributed by atoms with Crippen molar-refractivity contribution in [2.45, 2.75) is 30.7 Å². The van der Waals surface area contributed by atoms with E-state index in [1.54, 1.807) is 0 Å². The zero-order chi connectivity index (χ0) is 7.07. The molecule has 0 radical (unpaired) electrons. The SMILES string of the molecule is CC1(C)CC(Br)C(=O)O1. The number of halogens is 1. The zero-order valence-electron chi connectivity index (χ0n) is 5.48. The molecule has 1 fully saturated rings. The molecule has 0 aromatic heterocycles. The van der Waals surface area contributed by atoms with Gasteiger partial charge in [0.2, 0.25) is 0 Å². The van der Waals surface area contributed by atoms with E-state index in [1.807, 2.05) is 13.8 Å². The van der Waals surface area contributed by atoms with Gasteiger partial charge in [-0.05, 0) is 13.8 Å². The third-order valence-electron chi connectivity index (χ3n) is 1.30. The van der Waals surface area contributed by atoms with Gasteiger partial charge in [-0.2, -0.15) is 0 Å².